The molecule has 1 rings (SSSR count). The van der Waals surface area contributed by atoms with E-state index in [4.69, 9.17) is 0 Å². The second-order valence-electron chi connectivity index (χ2n) is 3.90. The first-order valence-corrected chi connectivity index (χ1v) is 5.37. The van der Waals surface area contributed by atoms with E-state index < -0.39 is 0 Å². The van der Waals surface area contributed by atoms with E-state index in [1.165, 1.54) is 4.90 Å². The molecule has 1 saturated heterocycles. The van der Waals surface area contributed by atoms with Crippen LogP contribution in [0.15, 0.2) is 0 Å². The van der Waals surface area contributed by atoms with Crippen LogP contribution in [-0.4, -0.2) is 49.9 Å². The van der Waals surface area contributed by atoms with E-state index in [1.54, 1.807) is 7.05 Å². The van der Waals surface area contributed by atoms with Crippen LogP contribution in [0.2, 0.25) is 0 Å². The molecule has 1 aliphatic heterocycles. The molecule has 1 fully saturated rings. The van der Waals surface area contributed by atoms with E-state index in [-0.39, 0.29) is 24.3 Å². The summed E-state index contributed by atoms with van der Waals surface area (Å²) in [7, 11) is 1.67. The van der Waals surface area contributed by atoms with Crippen molar-refractivity contribution >= 4 is 11.8 Å². The van der Waals surface area contributed by atoms with Crippen LogP contribution in [0.3, 0.4) is 0 Å². The van der Waals surface area contributed by atoms with Gasteiger partial charge >= 0.3 is 0 Å². The molecule has 0 aromatic rings. The summed E-state index contributed by atoms with van der Waals surface area (Å²) < 4.78 is 0. The van der Waals surface area contributed by atoms with Crippen molar-refractivity contribution in [3.05, 3.63) is 0 Å². The van der Waals surface area contributed by atoms with Gasteiger partial charge < -0.3 is 15.5 Å². The molecule has 0 spiro atoms. The Morgan fingerprint density at radius 3 is 2.60 bits per heavy atom. The van der Waals surface area contributed by atoms with Crippen molar-refractivity contribution in [2.24, 2.45) is 5.92 Å². The third-order valence-corrected chi connectivity index (χ3v) is 2.46. The Hall–Kier alpha value is -1.10. The largest absolute Gasteiger partial charge is 0.355 e. The van der Waals surface area contributed by atoms with E-state index in [0.29, 0.717) is 6.54 Å². The number of amides is 2. The van der Waals surface area contributed by atoms with Crippen molar-refractivity contribution in [2.75, 3.05) is 33.2 Å². The summed E-state index contributed by atoms with van der Waals surface area (Å²) in [5, 5.41) is 5.78. The van der Waals surface area contributed by atoms with E-state index in [0.717, 1.165) is 19.5 Å². The van der Waals surface area contributed by atoms with Gasteiger partial charge in [-0.2, -0.15) is 0 Å². The number of likely N-dealkylation sites (N-methyl/N-ethyl adjacent to an activating group) is 1. The summed E-state index contributed by atoms with van der Waals surface area (Å²) >= 11 is 0. The first kappa shape index (κ1) is 12.0. The van der Waals surface area contributed by atoms with Gasteiger partial charge in [0.15, 0.2) is 0 Å². The Bertz CT molecular complexity index is 239. The molecule has 0 radical (unpaired) electrons. The molecule has 0 aromatic heterocycles. The first-order valence-electron chi connectivity index (χ1n) is 5.37. The SMILES string of the molecule is CCCNC(=O)CN(C)C(=O)C1CNC1. The lowest BCUT2D eigenvalue weighted by molar-refractivity contribution is -0.139. The van der Waals surface area contributed by atoms with Crippen LogP contribution in [0.5, 0.6) is 0 Å². The molecule has 2 N–H and O–H groups in total. The predicted molar refractivity (Wildman–Crippen MR) is 57.3 cm³/mol. The molecule has 5 nitrogen and oxygen atoms in total. The van der Waals surface area contributed by atoms with Crippen LogP contribution in [0.25, 0.3) is 0 Å². The average molecular weight is 213 g/mol. The molecule has 0 unspecified atom stereocenters. The summed E-state index contributed by atoms with van der Waals surface area (Å²) in [4.78, 5) is 24.5. The van der Waals surface area contributed by atoms with Gasteiger partial charge in [-0.25, -0.2) is 0 Å². The lowest BCUT2D eigenvalue weighted by Gasteiger charge is -2.29. The van der Waals surface area contributed by atoms with E-state index in [1.807, 2.05) is 6.92 Å². The van der Waals surface area contributed by atoms with Gasteiger partial charge in [0.1, 0.15) is 0 Å². The molecule has 0 saturated carbocycles. The Labute approximate surface area is 90.2 Å². The van der Waals surface area contributed by atoms with Gasteiger partial charge in [0, 0.05) is 26.7 Å². The molecule has 0 atom stereocenters. The highest BCUT2D eigenvalue weighted by Crippen LogP contribution is 2.06. The van der Waals surface area contributed by atoms with Gasteiger partial charge in [-0.05, 0) is 6.42 Å². The van der Waals surface area contributed by atoms with Gasteiger partial charge in [-0.1, -0.05) is 6.92 Å². The minimum atomic E-state index is -0.0833. The Morgan fingerprint density at radius 1 is 1.47 bits per heavy atom. The van der Waals surface area contributed by atoms with Crippen molar-refractivity contribution in [2.45, 2.75) is 13.3 Å². The Balaban J connectivity index is 2.24. The normalized spacial score (nSPS) is 15.6. The number of nitrogens with zero attached hydrogens (tertiary/aromatic N) is 1. The fraction of sp³-hybridized carbons (Fsp3) is 0.800. The fourth-order valence-electron chi connectivity index (χ4n) is 1.39. The third-order valence-electron chi connectivity index (χ3n) is 2.46. The van der Waals surface area contributed by atoms with Gasteiger partial charge in [-0.3, -0.25) is 9.59 Å². The highest BCUT2D eigenvalue weighted by molar-refractivity contribution is 5.86. The molecule has 1 heterocycles. The smallest absolute Gasteiger partial charge is 0.239 e. The van der Waals surface area contributed by atoms with E-state index in [2.05, 4.69) is 10.6 Å². The molecule has 2 amide bonds. The maximum Gasteiger partial charge on any atom is 0.239 e. The standard InChI is InChI=1S/C10H19N3O2/c1-3-4-12-9(14)7-13(2)10(15)8-5-11-6-8/h8,11H,3-7H2,1-2H3,(H,12,14). The number of carbonyl (C=O) groups is 2. The molecule has 5 heteroatoms. The summed E-state index contributed by atoms with van der Waals surface area (Å²) in [5.74, 6) is 0.0364. The quantitative estimate of drug-likeness (QED) is 0.628. The maximum atomic E-state index is 11.6. The molecule has 0 aliphatic carbocycles. The molecular weight excluding hydrogens is 194 g/mol. The zero-order valence-corrected chi connectivity index (χ0v) is 9.38. The monoisotopic (exact) mass is 213 g/mol. The minimum absolute atomic E-state index is 0.0559. The fourth-order valence-corrected chi connectivity index (χ4v) is 1.39. The number of hydrogen-bond donors (Lipinski definition) is 2. The van der Waals surface area contributed by atoms with E-state index >= 15 is 0 Å². The van der Waals surface area contributed by atoms with Crippen molar-refractivity contribution in [3.63, 3.8) is 0 Å². The average Bonchev–Trinajstić information content (AvgIpc) is 2.11. The van der Waals surface area contributed by atoms with Crippen LogP contribution in [-0.2, 0) is 9.59 Å². The number of rotatable bonds is 5. The van der Waals surface area contributed by atoms with Gasteiger partial charge in [0.2, 0.25) is 11.8 Å². The summed E-state index contributed by atoms with van der Waals surface area (Å²) in [5.41, 5.74) is 0. The number of nitrogens with one attached hydrogen (secondary N) is 2. The molecule has 0 bridgehead atoms. The number of hydrogen-bond acceptors (Lipinski definition) is 3. The van der Waals surface area contributed by atoms with E-state index in [9.17, 15) is 9.59 Å². The van der Waals surface area contributed by atoms with Crippen LogP contribution in [0, 0.1) is 5.92 Å². The highest BCUT2D eigenvalue weighted by Gasteiger charge is 2.28. The highest BCUT2D eigenvalue weighted by atomic mass is 16.2. The maximum absolute atomic E-state index is 11.6. The molecule has 15 heavy (non-hydrogen) atoms. The molecule has 86 valence electrons. The van der Waals surface area contributed by atoms with Crippen LogP contribution >= 0.6 is 0 Å². The molecule has 0 aromatic carbocycles. The van der Waals surface area contributed by atoms with Gasteiger partial charge in [0.25, 0.3) is 0 Å². The minimum Gasteiger partial charge on any atom is -0.355 e. The lowest BCUT2D eigenvalue weighted by atomic mass is 10.0. The lowest BCUT2D eigenvalue weighted by Crippen LogP contribution is -2.52. The molecular formula is C10H19N3O2. The zero-order chi connectivity index (χ0) is 11.3. The number of carbonyl (C=O) groups excluding carboxylic acids is 2. The Kier molecular flexibility index (Phi) is 4.55. The second-order valence-corrected chi connectivity index (χ2v) is 3.90. The van der Waals surface area contributed by atoms with Gasteiger partial charge in [-0.15, -0.1) is 0 Å². The summed E-state index contributed by atoms with van der Waals surface area (Å²) in [6.07, 6.45) is 0.913. The second kappa shape index (κ2) is 5.70. The van der Waals surface area contributed by atoms with Crippen LogP contribution in [0.4, 0.5) is 0 Å². The van der Waals surface area contributed by atoms with Crippen molar-refractivity contribution < 1.29 is 9.59 Å². The summed E-state index contributed by atoms with van der Waals surface area (Å²) in [6, 6.07) is 0. The third kappa shape index (κ3) is 3.51. The summed E-state index contributed by atoms with van der Waals surface area (Å²) in [6.45, 7) is 4.30. The van der Waals surface area contributed by atoms with Crippen molar-refractivity contribution in [1.29, 1.82) is 0 Å². The van der Waals surface area contributed by atoms with Crippen LogP contribution < -0.4 is 10.6 Å². The molecule has 1 aliphatic rings. The van der Waals surface area contributed by atoms with Crippen LogP contribution in [0.1, 0.15) is 13.3 Å². The predicted octanol–water partition coefficient (Wildman–Crippen LogP) is -0.810. The Morgan fingerprint density at radius 2 is 2.13 bits per heavy atom. The zero-order valence-electron chi connectivity index (χ0n) is 9.38. The van der Waals surface area contributed by atoms with Gasteiger partial charge in [0.05, 0.1) is 12.5 Å². The topological polar surface area (TPSA) is 61.4 Å². The van der Waals surface area contributed by atoms with Crippen molar-refractivity contribution in [1.82, 2.24) is 15.5 Å². The van der Waals surface area contributed by atoms with Crippen molar-refractivity contribution in [3.8, 4) is 0 Å². The first-order chi connectivity index (χ1) is 7.15.